The van der Waals surface area contributed by atoms with Crippen LogP contribution in [0.1, 0.15) is 0 Å². The molecular formula is C13H20FN5O. The van der Waals surface area contributed by atoms with Gasteiger partial charge in [0, 0.05) is 32.2 Å². The Labute approximate surface area is 117 Å². The van der Waals surface area contributed by atoms with Gasteiger partial charge in [0.2, 0.25) is 0 Å². The van der Waals surface area contributed by atoms with Gasteiger partial charge in [0.15, 0.2) is 5.96 Å². The fraction of sp³-hybridized carbons (Fsp3) is 0.462. The van der Waals surface area contributed by atoms with Crippen LogP contribution in [0.2, 0.25) is 0 Å². The second-order valence-electron chi connectivity index (χ2n) is 4.80. The molecule has 0 amide bonds. The highest BCUT2D eigenvalue weighted by molar-refractivity contribution is 5.81. The van der Waals surface area contributed by atoms with Gasteiger partial charge >= 0.3 is 0 Å². The summed E-state index contributed by atoms with van der Waals surface area (Å²) in [5.74, 6) is -0.103. The number of aliphatic imine (C=N–C) groups is 1. The first-order valence-electron chi connectivity index (χ1n) is 6.42. The predicted molar refractivity (Wildman–Crippen MR) is 78.1 cm³/mol. The first kappa shape index (κ1) is 14.4. The summed E-state index contributed by atoms with van der Waals surface area (Å²) in [5.41, 5.74) is 11.7. The average molecular weight is 281 g/mol. The number of guanidine groups is 1. The Balaban J connectivity index is 2.35. The molecule has 0 spiro atoms. The molecule has 1 aromatic rings. The number of halogens is 1. The lowest BCUT2D eigenvalue weighted by Gasteiger charge is -2.34. The van der Waals surface area contributed by atoms with Crippen LogP contribution in [0.3, 0.4) is 0 Å². The standard InChI is InChI=1S/C13H20FN5O/c1-18-3-5-19(6-4-18)11-8-10(17-13(15)16)12(20-2)7-9(11)14/h7-8H,3-6H2,1-2H3,(H4,15,16,17). The number of piperazine rings is 1. The molecule has 6 nitrogen and oxygen atoms in total. The van der Waals surface area contributed by atoms with Gasteiger partial charge in [-0.25, -0.2) is 9.38 Å². The van der Waals surface area contributed by atoms with Gasteiger partial charge in [-0.15, -0.1) is 0 Å². The van der Waals surface area contributed by atoms with Crippen LogP contribution in [0.4, 0.5) is 15.8 Å². The van der Waals surface area contributed by atoms with Crippen molar-refractivity contribution < 1.29 is 9.13 Å². The van der Waals surface area contributed by atoms with Gasteiger partial charge in [-0.2, -0.15) is 0 Å². The van der Waals surface area contributed by atoms with E-state index in [0.29, 0.717) is 17.1 Å². The minimum atomic E-state index is -0.332. The third kappa shape index (κ3) is 3.11. The molecule has 0 atom stereocenters. The molecular weight excluding hydrogens is 261 g/mol. The number of likely N-dealkylation sites (N-methyl/N-ethyl adjacent to an activating group) is 1. The number of rotatable bonds is 3. The zero-order chi connectivity index (χ0) is 14.7. The first-order chi connectivity index (χ1) is 9.51. The normalized spacial score (nSPS) is 16.1. The number of methoxy groups -OCH3 is 1. The lowest BCUT2D eigenvalue weighted by atomic mass is 10.2. The van der Waals surface area contributed by atoms with E-state index >= 15 is 0 Å². The summed E-state index contributed by atoms with van der Waals surface area (Å²) >= 11 is 0. The molecule has 1 fully saturated rings. The summed E-state index contributed by atoms with van der Waals surface area (Å²) < 4.78 is 19.3. The molecule has 1 aliphatic heterocycles. The van der Waals surface area contributed by atoms with Crippen LogP contribution >= 0.6 is 0 Å². The van der Waals surface area contributed by atoms with E-state index in [1.807, 2.05) is 11.9 Å². The Hall–Kier alpha value is -2.02. The Morgan fingerprint density at radius 1 is 1.25 bits per heavy atom. The predicted octanol–water partition coefficient (Wildman–Crippen LogP) is 0.491. The van der Waals surface area contributed by atoms with Gasteiger partial charge in [-0.1, -0.05) is 0 Å². The van der Waals surface area contributed by atoms with Crippen molar-refractivity contribution in [3.63, 3.8) is 0 Å². The quantitative estimate of drug-likeness (QED) is 0.622. The number of nitrogens with zero attached hydrogens (tertiary/aromatic N) is 3. The zero-order valence-electron chi connectivity index (χ0n) is 11.8. The summed E-state index contributed by atoms with van der Waals surface area (Å²) in [5, 5.41) is 0. The van der Waals surface area contributed by atoms with Crippen molar-refractivity contribution in [3.05, 3.63) is 17.9 Å². The molecule has 1 aromatic carbocycles. The number of hydrogen-bond acceptors (Lipinski definition) is 4. The maximum atomic E-state index is 14.2. The maximum absolute atomic E-state index is 14.2. The number of hydrogen-bond donors (Lipinski definition) is 2. The van der Waals surface area contributed by atoms with E-state index < -0.39 is 0 Å². The van der Waals surface area contributed by atoms with E-state index in [0.717, 1.165) is 26.2 Å². The van der Waals surface area contributed by atoms with Crippen molar-refractivity contribution in [1.29, 1.82) is 0 Å². The van der Waals surface area contributed by atoms with Crippen molar-refractivity contribution in [3.8, 4) is 5.75 Å². The second kappa shape index (κ2) is 5.96. The molecule has 4 N–H and O–H groups in total. The number of nitrogens with two attached hydrogens (primary N) is 2. The topological polar surface area (TPSA) is 80.1 Å². The lowest BCUT2D eigenvalue weighted by Crippen LogP contribution is -2.44. The number of benzene rings is 1. The van der Waals surface area contributed by atoms with Gasteiger partial charge < -0.3 is 26.0 Å². The van der Waals surface area contributed by atoms with Crippen LogP contribution in [-0.2, 0) is 0 Å². The Bertz CT molecular complexity index is 508. The van der Waals surface area contributed by atoms with Gasteiger partial charge in [0.1, 0.15) is 17.3 Å². The molecule has 0 radical (unpaired) electrons. The van der Waals surface area contributed by atoms with Crippen molar-refractivity contribution in [1.82, 2.24) is 4.90 Å². The SMILES string of the molecule is COc1cc(F)c(N2CCN(C)CC2)cc1N=C(N)N. The van der Waals surface area contributed by atoms with Crippen molar-refractivity contribution >= 4 is 17.3 Å². The monoisotopic (exact) mass is 281 g/mol. The van der Waals surface area contributed by atoms with Gasteiger partial charge in [0.05, 0.1) is 12.8 Å². The average Bonchev–Trinajstić information content (AvgIpc) is 2.41. The van der Waals surface area contributed by atoms with Gasteiger partial charge in [-0.3, -0.25) is 0 Å². The van der Waals surface area contributed by atoms with Crippen LogP contribution in [0, 0.1) is 5.82 Å². The van der Waals surface area contributed by atoms with Crippen molar-refractivity contribution in [2.24, 2.45) is 16.5 Å². The van der Waals surface area contributed by atoms with E-state index in [9.17, 15) is 4.39 Å². The minimum Gasteiger partial charge on any atom is -0.494 e. The van der Waals surface area contributed by atoms with Gasteiger partial charge in [-0.05, 0) is 13.1 Å². The van der Waals surface area contributed by atoms with Crippen LogP contribution in [-0.4, -0.2) is 51.2 Å². The molecule has 0 bridgehead atoms. The number of anilines is 1. The second-order valence-corrected chi connectivity index (χ2v) is 4.80. The van der Waals surface area contributed by atoms with Crippen LogP contribution in [0.15, 0.2) is 17.1 Å². The summed E-state index contributed by atoms with van der Waals surface area (Å²) in [6.45, 7) is 3.31. The molecule has 0 aliphatic carbocycles. The third-order valence-corrected chi connectivity index (χ3v) is 3.34. The highest BCUT2D eigenvalue weighted by Gasteiger charge is 2.19. The van der Waals surface area contributed by atoms with Crippen molar-refractivity contribution in [2.45, 2.75) is 0 Å². The molecule has 110 valence electrons. The molecule has 0 aromatic heterocycles. The summed E-state index contributed by atoms with van der Waals surface area (Å²) in [7, 11) is 3.50. The van der Waals surface area contributed by atoms with E-state index in [1.54, 1.807) is 6.07 Å². The molecule has 20 heavy (non-hydrogen) atoms. The van der Waals surface area contributed by atoms with E-state index in [2.05, 4.69) is 9.89 Å². The van der Waals surface area contributed by atoms with Crippen molar-refractivity contribution in [2.75, 3.05) is 45.2 Å². The van der Waals surface area contributed by atoms with Gasteiger partial charge in [0.25, 0.3) is 0 Å². The molecule has 2 rings (SSSR count). The van der Waals surface area contributed by atoms with E-state index in [4.69, 9.17) is 16.2 Å². The molecule has 1 heterocycles. The molecule has 1 aliphatic rings. The first-order valence-corrected chi connectivity index (χ1v) is 6.42. The van der Waals surface area contributed by atoms with Crippen LogP contribution in [0.25, 0.3) is 0 Å². The smallest absolute Gasteiger partial charge is 0.191 e. The zero-order valence-corrected chi connectivity index (χ0v) is 11.8. The Morgan fingerprint density at radius 3 is 2.45 bits per heavy atom. The summed E-state index contributed by atoms with van der Waals surface area (Å²) in [4.78, 5) is 8.18. The molecule has 0 unspecified atom stereocenters. The highest BCUT2D eigenvalue weighted by atomic mass is 19.1. The maximum Gasteiger partial charge on any atom is 0.191 e. The fourth-order valence-electron chi connectivity index (χ4n) is 2.21. The largest absolute Gasteiger partial charge is 0.494 e. The Morgan fingerprint density at radius 2 is 1.90 bits per heavy atom. The fourth-order valence-corrected chi connectivity index (χ4v) is 2.21. The van der Waals surface area contributed by atoms with E-state index in [-0.39, 0.29) is 11.8 Å². The highest BCUT2D eigenvalue weighted by Crippen LogP contribution is 2.34. The van der Waals surface area contributed by atoms with E-state index in [1.165, 1.54) is 13.2 Å². The summed E-state index contributed by atoms with van der Waals surface area (Å²) in [6, 6.07) is 2.94. The Kier molecular flexibility index (Phi) is 4.29. The number of ether oxygens (including phenoxy) is 1. The minimum absolute atomic E-state index is 0.0840. The summed E-state index contributed by atoms with van der Waals surface area (Å²) in [6.07, 6.45) is 0. The molecule has 7 heteroatoms. The van der Waals surface area contributed by atoms with Crippen LogP contribution in [0.5, 0.6) is 5.75 Å². The molecule has 1 saturated heterocycles. The lowest BCUT2D eigenvalue weighted by molar-refractivity contribution is 0.311. The third-order valence-electron chi connectivity index (χ3n) is 3.34. The molecule has 0 saturated carbocycles. The van der Waals surface area contributed by atoms with Crippen LogP contribution < -0.4 is 21.1 Å².